The zero-order chi connectivity index (χ0) is 20.1. The summed E-state index contributed by atoms with van der Waals surface area (Å²) in [7, 11) is 1.52. The molecule has 4 nitrogen and oxygen atoms in total. The lowest BCUT2D eigenvalue weighted by molar-refractivity contribution is -0.141. The number of aryl methyl sites for hydroxylation is 1. The first-order chi connectivity index (χ1) is 13.3. The fourth-order valence-electron chi connectivity index (χ4n) is 2.26. The molecule has 0 bridgehead atoms. The molecule has 3 aromatic rings. The van der Waals surface area contributed by atoms with E-state index < -0.39 is 11.9 Å². The Labute approximate surface area is 164 Å². The van der Waals surface area contributed by atoms with Gasteiger partial charge in [-0.25, -0.2) is 4.98 Å². The second kappa shape index (κ2) is 8.52. The van der Waals surface area contributed by atoms with Gasteiger partial charge in [0.2, 0.25) is 5.88 Å². The lowest BCUT2D eigenvalue weighted by Crippen LogP contribution is -2.10. The second-order valence-corrected chi connectivity index (χ2v) is 6.87. The molecule has 0 radical (unpaired) electrons. The summed E-state index contributed by atoms with van der Waals surface area (Å²) in [4.78, 5) is 7.75. The van der Waals surface area contributed by atoms with E-state index in [1.165, 1.54) is 7.11 Å². The van der Waals surface area contributed by atoms with Crippen LogP contribution in [-0.4, -0.2) is 17.1 Å². The third-order valence-corrected chi connectivity index (χ3v) is 4.66. The molecule has 1 aromatic heterocycles. The van der Waals surface area contributed by atoms with Crippen molar-refractivity contribution in [1.82, 2.24) is 9.97 Å². The van der Waals surface area contributed by atoms with Crippen LogP contribution in [0.2, 0.25) is 0 Å². The lowest BCUT2D eigenvalue weighted by atomic mass is 10.2. The molecule has 3 rings (SSSR count). The summed E-state index contributed by atoms with van der Waals surface area (Å²) in [5.41, 5.74) is 1.03. The van der Waals surface area contributed by atoms with Crippen LogP contribution in [0.3, 0.4) is 0 Å². The van der Waals surface area contributed by atoms with Gasteiger partial charge in [0, 0.05) is 11.8 Å². The molecule has 8 heteroatoms. The molecule has 0 aliphatic heterocycles. The maximum Gasteiger partial charge on any atom is 0.433 e. The number of ether oxygens (including phenoxy) is 2. The maximum atomic E-state index is 13.2. The average Bonchev–Trinajstić information content (AvgIpc) is 2.67. The number of nitrogens with zero attached hydrogens (tertiary/aromatic N) is 2. The number of alkyl halides is 3. The van der Waals surface area contributed by atoms with Crippen molar-refractivity contribution in [2.75, 3.05) is 7.11 Å². The molecule has 0 amide bonds. The smallest absolute Gasteiger partial charge is 0.433 e. The minimum absolute atomic E-state index is 0.00101. The van der Waals surface area contributed by atoms with Crippen LogP contribution in [0.15, 0.2) is 59.8 Å². The molecule has 2 aromatic carbocycles. The highest BCUT2D eigenvalue weighted by Crippen LogP contribution is 2.33. The Hall–Kier alpha value is -2.74. The Balaban J connectivity index is 1.82. The molecule has 0 N–H and O–H groups in total. The van der Waals surface area contributed by atoms with E-state index in [1.54, 1.807) is 24.3 Å². The van der Waals surface area contributed by atoms with Crippen molar-refractivity contribution in [3.63, 3.8) is 0 Å². The van der Waals surface area contributed by atoms with Crippen molar-refractivity contribution in [2.24, 2.45) is 0 Å². The van der Waals surface area contributed by atoms with E-state index in [1.807, 2.05) is 31.2 Å². The van der Waals surface area contributed by atoms with E-state index in [0.29, 0.717) is 17.3 Å². The number of halogens is 3. The largest absolute Gasteiger partial charge is 0.497 e. The van der Waals surface area contributed by atoms with Crippen LogP contribution in [0.5, 0.6) is 17.4 Å². The molecular formula is C20H17F3N2O2S. The van der Waals surface area contributed by atoms with Gasteiger partial charge in [-0.2, -0.15) is 18.2 Å². The van der Waals surface area contributed by atoms with Crippen molar-refractivity contribution in [3.8, 4) is 17.4 Å². The monoisotopic (exact) mass is 406 g/mol. The lowest BCUT2D eigenvalue weighted by Gasteiger charge is -2.11. The van der Waals surface area contributed by atoms with Crippen molar-refractivity contribution in [1.29, 1.82) is 0 Å². The van der Waals surface area contributed by atoms with Gasteiger partial charge >= 0.3 is 6.18 Å². The van der Waals surface area contributed by atoms with Gasteiger partial charge in [0.1, 0.15) is 11.5 Å². The van der Waals surface area contributed by atoms with Crippen molar-refractivity contribution >= 4 is 11.8 Å². The highest BCUT2D eigenvalue weighted by Gasteiger charge is 2.34. The zero-order valence-corrected chi connectivity index (χ0v) is 16.0. The van der Waals surface area contributed by atoms with E-state index in [-0.39, 0.29) is 11.0 Å². The zero-order valence-electron chi connectivity index (χ0n) is 15.2. The van der Waals surface area contributed by atoms with E-state index in [2.05, 4.69) is 9.97 Å². The predicted octanol–water partition coefficient (Wildman–Crippen LogP) is 5.90. The van der Waals surface area contributed by atoms with E-state index in [4.69, 9.17) is 9.47 Å². The van der Waals surface area contributed by atoms with Gasteiger partial charge < -0.3 is 9.47 Å². The molecule has 0 atom stereocenters. The fraction of sp³-hybridized carbons (Fsp3) is 0.200. The molecule has 0 fully saturated rings. The Morgan fingerprint density at radius 1 is 0.929 bits per heavy atom. The first-order valence-corrected chi connectivity index (χ1v) is 9.28. The van der Waals surface area contributed by atoms with Crippen LogP contribution in [0.4, 0.5) is 13.2 Å². The van der Waals surface area contributed by atoms with Crippen LogP contribution in [-0.2, 0) is 11.9 Å². The van der Waals surface area contributed by atoms with Crippen molar-refractivity contribution < 1.29 is 22.6 Å². The normalized spacial score (nSPS) is 11.3. The Morgan fingerprint density at radius 2 is 1.57 bits per heavy atom. The topological polar surface area (TPSA) is 44.2 Å². The summed E-state index contributed by atoms with van der Waals surface area (Å²) < 4.78 is 50.2. The molecule has 0 spiro atoms. The Bertz CT molecular complexity index is 930. The fourth-order valence-corrected chi connectivity index (χ4v) is 3.07. The van der Waals surface area contributed by atoms with Crippen LogP contribution in [0.25, 0.3) is 0 Å². The molecule has 0 unspecified atom stereocenters. The van der Waals surface area contributed by atoms with Gasteiger partial charge in [0.15, 0.2) is 10.9 Å². The second-order valence-electron chi connectivity index (χ2n) is 5.92. The number of hydrogen-bond donors (Lipinski definition) is 0. The summed E-state index contributed by atoms with van der Waals surface area (Å²) in [5, 5.41) is -0.00101. The van der Waals surface area contributed by atoms with Crippen LogP contribution in [0, 0.1) is 6.92 Å². The minimum Gasteiger partial charge on any atom is -0.497 e. The van der Waals surface area contributed by atoms with Crippen molar-refractivity contribution in [2.45, 2.75) is 24.0 Å². The number of rotatable bonds is 6. The highest BCUT2D eigenvalue weighted by atomic mass is 32.2. The average molecular weight is 406 g/mol. The summed E-state index contributed by atoms with van der Waals surface area (Å²) >= 11 is 1.12. The number of methoxy groups -OCH3 is 1. The Morgan fingerprint density at radius 3 is 2.18 bits per heavy atom. The van der Waals surface area contributed by atoms with Gasteiger partial charge in [-0.15, -0.1) is 0 Å². The first-order valence-electron chi connectivity index (χ1n) is 8.30. The summed E-state index contributed by atoms with van der Waals surface area (Å²) in [5.74, 6) is 1.24. The third-order valence-electron chi connectivity index (χ3n) is 3.74. The standard InChI is InChI=1S/C20H17F3N2O2S/c1-13-3-5-14(6-4-13)12-28-19-24-17(20(21,22)23)11-18(25-19)27-16-9-7-15(26-2)8-10-16/h3-11H,12H2,1-2H3. The van der Waals surface area contributed by atoms with Gasteiger partial charge in [-0.1, -0.05) is 41.6 Å². The van der Waals surface area contributed by atoms with Gasteiger partial charge in [0.25, 0.3) is 0 Å². The molecule has 0 saturated carbocycles. The quantitative estimate of drug-likeness (QED) is 0.377. The summed E-state index contributed by atoms with van der Waals surface area (Å²) in [6.07, 6.45) is -4.60. The van der Waals surface area contributed by atoms with Gasteiger partial charge in [0.05, 0.1) is 7.11 Å². The minimum atomic E-state index is -4.60. The number of thioether (sulfide) groups is 1. The van der Waals surface area contributed by atoms with E-state index in [9.17, 15) is 13.2 Å². The maximum absolute atomic E-state index is 13.2. The predicted molar refractivity (Wildman–Crippen MR) is 101 cm³/mol. The molecule has 1 heterocycles. The van der Waals surface area contributed by atoms with Crippen molar-refractivity contribution in [3.05, 3.63) is 71.4 Å². The third kappa shape index (κ3) is 5.39. The van der Waals surface area contributed by atoms with Crippen LogP contribution < -0.4 is 9.47 Å². The molecule has 0 saturated heterocycles. The van der Waals surface area contributed by atoms with E-state index in [0.717, 1.165) is 29.0 Å². The van der Waals surface area contributed by atoms with Gasteiger partial charge in [-0.3, -0.25) is 0 Å². The van der Waals surface area contributed by atoms with Gasteiger partial charge in [-0.05, 0) is 36.8 Å². The number of benzene rings is 2. The molecule has 28 heavy (non-hydrogen) atoms. The summed E-state index contributed by atoms with van der Waals surface area (Å²) in [6.45, 7) is 1.97. The SMILES string of the molecule is COc1ccc(Oc2cc(C(F)(F)F)nc(SCc3ccc(C)cc3)n2)cc1. The molecule has 0 aliphatic carbocycles. The summed E-state index contributed by atoms with van der Waals surface area (Å²) in [6, 6.07) is 15.0. The van der Waals surface area contributed by atoms with Crippen LogP contribution >= 0.6 is 11.8 Å². The number of aromatic nitrogens is 2. The highest BCUT2D eigenvalue weighted by molar-refractivity contribution is 7.98. The molecular weight excluding hydrogens is 389 g/mol. The van der Waals surface area contributed by atoms with E-state index >= 15 is 0 Å². The molecule has 0 aliphatic rings. The number of hydrogen-bond acceptors (Lipinski definition) is 5. The van der Waals surface area contributed by atoms with Crippen LogP contribution in [0.1, 0.15) is 16.8 Å². The first kappa shape index (κ1) is 20.0. The Kier molecular flexibility index (Phi) is 6.08. The molecule has 146 valence electrons.